The summed E-state index contributed by atoms with van der Waals surface area (Å²) in [6.07, 6.45) is 1.86. The van der Waals surface area contributed by atoms with Gasteiger partial charge in [-0.3, -0.25) is 5.10 Å². The zero-order chi connectivity index (χ0) is 17.3. The van der Waals surface area contributed by atoms with Crippen molar-refractivity contribution in [2.24, 2.45) is 0 Å². The minimum Gasteiger partial charge on any atom is -0.359 e. The van der Waals surface area contributed by atoms with Crippen LogP contribution < -0.4 is 15.9 Å². The van der Waals surface area contributed by atoms with Crippen molar-refractivity contribution in [3.05, 3.63) is 71.1 Å². The first-order valence-corrected chi connectivity index (χ1v) is 9.73. The summed E-state index contributed by atoms with van der Waals surface area (Å²) in [5, 5.41) is 8.09. The van der Waals surface area contributed by atoms with Crippen LogP contribution in [0.1, 0.15) is 0 Å². The summed E-state index contributed by atoms with van der Waals surface area (Å²) in [5.41, 5.74) is 1.89. The molecule has 3 nitrogen and oxygen atoms in total. The molecule has 2 N–H and O–H groups in total. The lowest BCUT2D eigenvalue weighted by Gasteiger charge is -2.07. The zero-order valence-corrected chi connectivity index (χ0v) is 17.9. The topological polar surface area (TPSA) is 32.8 Å². The molecule has 0 fully saturated rings. The van der Waals surface area contributed by atoms with Crippen LogP contribution in [0.3, 0.4) is 0 Å². The number of hydrogen-bond donors (Lipinski definition) is 2. The molecular weight excluding hydrogens is 518 g/mol. The van der Waals surface area contributed by atoms with E-state index >= 15 is 0 Å². The minimum absolute atomic E-state index is 0.669. The number of anilines is 1. The number of rotatable bonds is 3. The van der Waals surface area contributed by atoms with Gasteiger partial charge in [0.25, 0.3) is 0 Å². The van der Waals surface area contributed by atoms with Crippen molar-refractivity contribution in [3.8, 4) is 5.69 Å². The molecule has 0 aliphatic rings. The normalized spacial score (nSPS) is 11.7. The van der Waals surface area contributed by atoms with Crippen molar-refractivity contribution >= 4 is 78.5 Å². The Balaban J connectivity index is 2.06. The first-order chi connectivity index (χ1) is 11.5. The fourth-order valence-corrected chi connectivity index (χ4v) is 5.05. The molecule has 122 valence electrons. The number of aromatic amines is 1. The Kier molecular flexibility index (Phi) is 5.44. The first kappa shape index (κ1) is 17.7. The lowest BCUT2D eigenvalue weighted by molar-refractivity contribution is 0.857. The van der Waals surface area contributed by atoms with E-state index in [-0.39, 0.29) is 0 Å². The molecule has 3 aromatic rings. The van der Waals surface area contributed by atoms with Gasteiger partial charge >= 0.3 is 0 Å². The number of para-hydroxylation sites is 1. The summed E-state index contributed by atoms with van der Waals surface area (Å²) < 4.78 is 5.36. The molecule has 24 heavy (non-hydrogen) atoms. The third-order valence-corrected chi connectivity index (χ3v) is 5.50. The van der Waals surface area contributed by atoms with Crippen molar-refractivity contribution in [2.45, 2.75) is 0 Å². The van der Waals surface area contributed by atoms with Gasteiger partial charge in [-0.25, -0.2) is 4.68 Å². The average molecular weight is 530 g/mol. The molecule has 0 spiro atoms. The average Bonchev–Trinajstić information content (AvgIpc) is 2.82. The molecule has 1 heterocycles. The van der Waals surface area contributed by atoms with Gasteiger partial charge in [0.15, 0.2) is 0 Å². The Morgan fingerprint density at radius 2 is 1.71 bits per heavy atom. The smallest absolute Gasteiger partial charge is 0.136 e. The van der Waals surface area contributed by atoms with Crippen molar-refractivity contribution in [1.82, 2.24) is 9.78 Å². The van der Waals surface area contributed by atoms with E-state index < -0.39 is 0 Å². The van der Waals surface area contributed by atoms with Crippen LogP contribution in [0.2, 0.25) is 0 Å². The SMILES string of the molecule is C=c1[nH]n(-c2ccccc2)c(=S)/c1=C\Nc1c(Br)cc(Br)cc1Br. The molecule has 0 radical (unpaired) electrons. The van der Waals surface area contributed by atoms with Gasteiger partial charge in [-0.1, -0.05) is 52.9 Å². The van der Waals surface area contributed by atoms with E-state index in [1.54, 1.807) is 0 Å². The number of benzene rings is 2. The molecular formula is C17H12Br3N3S. The van der Waals surface area contributed by atoms with Crippen LogP contribution in [-0.4, -0.2) is 9.78 Å². The van der Waals surface area contributed by atoms with Gasteiger partial charge in [-0.2, -0.15) is 0 Å². The van der Waals surface area contributed by atoms with Crippen LogP contribution in [0, 0.1) is 4.64 Å². The van der Waals surface area contributed by atoms with E-state index in [0.717, 1.165) is 35.4 Å². The third-order valence-electron chi connectivity index (χ3n) is 3.39. The number of aromatic nitrogens is 2. The molecule has 0 aliphatic heterocycles. The summed E-state index contributed by atoms with van der Waals surface area (Å²) in [6.45, 7) is 4.05. The van der Waals surface area contributed by atoms with Crippen LogP contribution in [0.25, 0.3) is 18.5 Å². The maximum absolute atomic E-state index is 5.59. The summed E-state index contributed by atoms with van der Waals surface area (Å²) in [4.78, 5) is 0. The van der Waals surface area contributed by atoms with Crippen molar-refractivity contribution in [2.75, 3.05) is 5.32 Å². The molecule has 0 unspecified atom stereocenters. The van der Waals surface area contributed by atoms with Gasteiger partial charge < -0.3 is 5.32 Å². The van der Waals surface area contributed by atoms with Gasteiger partial charge in [0.2, 0.25) is 0 Å². The van der Waals surface area contributed by atoms with E-state index in [1.165, 1.54) is 0 Å². The maximum atomic E-state index is 5.59. The second-order valence-corrected chi connectivity index (χ2v) is 8.02. The van der Waals surface area contributed by atoms with E-state index in [0.29, 0.717) is 4.64 Å². The number of H-pyrrole nitrogens is 1. The maximum Gasteiger partial charge on any atom is 0.136 e. The van der Waals surface area contributed by atoms with Crippen LogP contribution in [0.15, 0.2) is 55.9 Å². The third kappa shape index (κ3) is 3.59. The number of nitrogens with one attached hydrogen (secondary N) is 2. The number of nitrogens with zero attached hydrogens (tertiary/aromatic N) is 1. The Morgan fingerprint density at radius 1 is 1.08 bits per heavy atom. The Hall–Kier alpha value is -1.15. The summed E-state index contributed by atoms with van der Waals surface area (Å²) in [7, 11) is 0. The Morgan fingerprint density at radius 3 is 2.33 bits per heavy atom. The predicted octanol–water partition coefficient (Wildman–Crippen LogP) is 5.08. The van der Waals surface area contributed by atoms with Crippen molar-refractivity contribution in [3.63, 3.8) is 0 Å². The van der Waals surface area contributed by atoms with Crippen LogP contribution in [0.5, 0.6) is 0 Å². The highest BCUT2D eigenvalue weighted by atomic mass is 79.9. The Labute approximate surface area is 169 Å². The highest BCUT2D eigenvalue weighted by Crippen LogP contribution is 2.34. The van der Waals surface area contributed by atoms with Crippen LogP contribution in [0.4, 0.5) is 5.69 Å². The quantitative estimate of drug-likeness (QED) is 0.464. The minimum atomic E-state index is 0.669. The van der Waals surface area contributed by atoms with Crippen molar-refractivity contribution in [1.29, 1.82) is 0 Å². The molecule has 3 rings (SSSR count). The highest BCUT2D eigenvalue weighted by molar-refractivity contribution is 9.11. The van der Waals surface area contributed by atoms with E-state index in [2.05, 4.69) is 64.8 Å². The Bertz CT molecular complexity index is 1030. The molecule has 7 heteroatoms. The monoisotopic (exact) mass is 527 g/mol. The molecule has 0 saturated heterocycles. The number of hydrogen-bond acceptors (Lipinski definition) is 2. The van der Waals surface area contributed by atoms with Gasteiger partial charge in [-0.05, 0) is 56.1 Å². The predicted molar refractivity (Wildman–Crippen MR) is 113 cm³/mol. The number of halogens is 3. The first-order valence-electron chi connectivity index (χ1n) is 6.94. The highest BCUT2D eigenvalue weighted by Gasteiger charge is 2.06. The zero-order valence-electron chi connectivity index (χ0n) is 12.3. The van der Waals surface area contributed by atoms with Gasteiger partial charge in [-0.15, -0.1) is 0 Å². The summed E-state index contributed by atoms with van der Waals surface area (Å²) in [6, 6.07) is 13.8. The standard InChI is InChI=1S/C17H12Br3N3S/c1-10-13(9-21-16-14(19)7-11(18)8-15(16)20)17(24)23(22-10)12-5-3-2-4-6-12/h2-9,21-22H,1H2/b13-9-. The van der Waals surface area contributed by atoms with E-state index in [4.69, 9.17) is 12.2 Å². The van der Waals surface area contributed by atoms with E-state index in [1.807, 2.05) is 53.3 Å². The second-order valence-electron chi connectivity index (χ2n) is 5.01. The van der Waals surface area contributed by atoms with Gasteiger partial charge in [0.1, 0.15) is 4.64 Å². The molecule has 0 saturated carbocycles. The van der Waals surface area contributed by atoms with Gasteiger partial charge in [0.05, 0.1) is 21.9 Å². The second kappa shape index (κ2) is 7.39. The van der Waals surface area contributed by atoms with Crippen molar-refractivity contribution < 1.29 is 0 Å². The summed E-state index contributed by atoms with van der Waals surface area (Å²) in [5.74, 6) is 0. The lowest BCUT2D eigenvalue weighted by Crippen LogP contribution is -2.22. The molecule has 0 aliphatic carbocycles. The molecule has 0 amide bonds. The molecule has 1 aromatic heterocycles. The van der Waals surface area contributed by atoms with Gasteiger partial charge in [0, 0.05) is 19.6 Å². The van der Waals surface area contributed by atoms with E-state index in [9.17, 15) is 0 Å². The largest absolute Gasteiger partial charge is 0.359 e. The lowest BCUT2D eigenvalue weighted by atomic mass is 10.3. The fourth-order valence-electron chi connectivity index (χ4n) is 2.23. The summed E-state index contributed by atoms with van der Waals surface area (Å²) >= 11 is 16.2. The molecule has 0 bridgehead atoms. The fraction of sp³-hybridized carbons (Fsp3) is 0. The van der Waals surface area contributed by atoms with Crippen LogP contribution in [-0.2, 0) is 0 Å². The molecule has 0 atom stereocenters. The van der Waals surface area contributed by atoms with Crippen LogP contribution >= 0.6 is 60.0 Å². The molecule has 2 aromatic carbocycles.